The summed E-state index contributed by atoms with van der Waals surface area (Å²) in [6.45, 7) is 6.19. The summed E-state index contributed by atoms with van der Waals surface area (Å²) in [5.74, 6) is 4.48. The fourth-order valence-corrected chi connectivity index (χ4v) is 9.19. The highest BCUT2D eigenvalue weighted by Crippen LogP contribution is 2.68. The lowest BCUT2D eigenvalue weighted by Crippen LogP contribution is -2.56. The molecule has 4 fully saturated rings. The number of carbonyl (C=O) groups excluding carboxylic acids is 1. The topological polar surface area (TPSA) is 44.1 Å². The zero-order chi connectivity index (χ0) is 21.8. The SMILES string of the molecule is COCC12CCC(C)CC1CC[C@H]1C3CCC(C(=O)Cn4cc(Cl)cn4)C3(C)CCC12. The average molecular weight is 447 g/mol. The highest BCUT2D eigenvalue weighted by Gasteiger charge is 2.62. The van der Waals surface area contributed by atoms with E-state index in [1.807, 2.05) is 7.11 Å². The van der Waals surface area contributed by atoms with Gasteiger partial charge in [0.1, 0.15) is 0 Å². The molecule has 31 heavy (non-hydrogen) atoms. The number of rotatable bonds is 5. The van der Waals surface area contributed by atoms with Crippen LogP contribution in [0.15, 0.2) is 12.4 Å². The number of hydrogen-bond acceptors (Lipinski definition) is 3. The van der Waals surface area contributed by atoms with Crippen LogP contribution in [0.25, 0.3) is 0 Å². The van der Waals surface area contributed by atoms with E-state index < -0.39 is 0 Å². The quantitative estimate of drug-likeness (QED) is 0.554. The van der Waals surface area contributed by atoms with Gasteiger partial charge in [0.25, 0.3) is 0 Å². The van der Waals surface area contributed by atoms with Gasteiger partial charge in [-0.2, -0.15) is 5.10 Å². The molecule has 0 spiro atoms. The Kier molecular flexibility index (Phi) is 5.78. The van der Waals surface area contributed by atoms with E-state index in [0.29, 0.717) is 28.7 Å². The maximum absolute atomic E-state index is 13.3. The Balaban J connectivity index is 1.37. The summed E-state index contributed by atoms with van der Waals surface area (Å²) < 4.78 is 7.63. The first-order chi connectivity index (χ1) is 14.9. The summed E-state index contributed by atoms with van der Waals surface area (Å²) in [4.78, 5) is 13.3. The molecule has 0 aliphatic heterocycles. The molecular weight excluding hydrogens is 408 g/mol. The Morgan fingerprint density at radius 2 is 2.03 bits per heavy atom. The number of methoxy groups -OCH3 is 1. The van der Waals surface area contributed by atoms with Crippen LogP contribution in [0.4, 0.5) is 0 Å². The molecule has 4 aliphatic rings. The molecule has 0 radical (unpaired) electrons. The summed E-state index contributed by atoms with van der Waals surface area (Å²) in [7, 11) is 1.91. The van der Waals surface area contributed by atoms with Crippen LogP contribution in [0, 0.1) is 46.3 Å². The second-order valence-electron chi connectivity index (χ2n) is 11.7. The van der Waals surface area contributed by atoms with Crippen molar-refractivity contribution in [2.75, 3.05) is 13.7 Å². The Morgan fingerprint density at radius 3 is 2.77 bits per heavy atom. The summed E-state index contributed by atoms with van der Waals surface area (Å²) in [6, 6.07) is 0. The van der Waals surface area contributed by atoms with Gasteiger partial charge in [-0.15, -0.1) is 0 Å². The summed E-state index contributed by atoms with van der Waals surface area (Å²) in [5.41, 5.74) is 0.539. The molecule has 1 aromatic heterocycles. The Bertz CT molecular complexity index is 824. The molecule has 0 N–H and O–H groups in total. The molecule has 1 aromatic rings. The Labute approximate surface area is 192 Å². The van der Waals surface area contributed by atoms with Crippen molar-refractivity contribution >= 4 is 17.4 Å². The number of ether oxygens (including phenoxy) is 1. The van der Waals surface area contributed by atoms with Crippen LogP contribution in [-0.2, 0) is 16.1 Å². The highest BCUT2D eigenvalue weighted by atomic mass is 35.5. The van der Waals surface area contributed by atoms with Crippen molar-refractivity contribution in [3.63, 3.8) is 0 Å². The van der Waals surface area contributed by atoms with Gasteiger partial charge in [0.2, 0.25) is 0 Å². The van der Waals surface area contributed by atoms with Gasteiger partial charge in [0.05, 0.1) is 24.4 Å². The van der Waals surface area contributed by atoms with Crippen molar-refractivity contribution < 1.29 is 9.53 Å². The average Bonchev–Trinajstić information content (AvgIpc) is 3.30. The standard InChI is InChI=1S/C26H39ClN2O2/c1-17-8-11-26(16-31-3)18(12-17)4-5-20-21-6-7-23(25(21,2)10-9-22(20)26)24(30)15-29-14-19(27)13-28-29/h13-14,17-18,20-23H,4-12,15-16H2,1-3H3/t17?,18?,20-,21?,22?,23?,25?,26?/m0/s1. The third-order valence-corrected chi connectivity index (χ3v) is 10.5. The number of Topliss-reactive ketones (excluding diaryl/α,β-unsaturated/α-hetero) is 1. The van der Waals surface area contributed by atoms with Gasteiger partial charge in [-0.3, -0.25) is 9.48 Å². The van der Waals surface area contributed by atoms with E-state index in [4.69, 9.17) is 16.3 Å². The number of fused-ring (bicyclic) bond motifs is 5. The third-order valence-electron chi connectivity index (χ3n) is 10.3. The summed E-state index contributed by atoms with van der Waals surface area (Å²) >= 11 is 6.02. The molecule has 4 saturated carbocycles. The molecule has 5 rings (SSSR count). The molecular formula is C26H39ClN2O2. The molecule has 4 nitrogen and oxygen atoms in total. The smallest absolute Gasteiger partial charge is 0.157 e. The minimum Gasteiger partial charge on any atom is -0.384 e. The summed E-state index contributed by atoms with van der Waals surface area (Å²) in [6.07, 6.45) is 15.0. The monoisotopic (exact) mass is 446 g/mol. The van der Waals surface area contributed by atoms with Gasteiger partial charge in [-0.05, 0) is 91.8 Å². The van der Waals surface area contributed by atoms with Crippen LogP contribution >= 0.6 is 11.6 Å². The maximum Gasteiger partial charge on any atom is 0.157 e. The van der Waals surface area contributed by atoms with Crippen molar-refractivity contribution in [3.8, 4) is 0 Å². The van der Waals surface area contributed by atoms with Crippen molar-refractivity contribution in [1.82, 2.24) is 9.78 Å². The summed E-state index contributed by atoms with van der Waals surface area (Å²) in [5, 5.41) is 4.85. The van der Waals surface area contributed by atoms with Crippen LogP contribution in [0.5, 0.6) is 0 Å². The van der Waals surface area contributed by atoms with Crippen molar-refractivity contribution in [3.05, 3.63) is 17.4 Å². The molecule has 0 aromatic carbocycles. The fraction of sp³-hybridized carbons (Fsp3) is 0.846. The van der Waals surface area contributed by atoms with Crippen molar-refractivity contribution in [2.45, 2.75) is 78.2 Å². The molecule has 0 bridgehead atoms. The first-order valence-electron chi connectivity index (χ1n) is 12.6. The number of hydrogen-bond donors (Lipinski definition) is 0. The van der Waals surface area contributed by atoms with Gasteiger partial charge in [0.15, 0.2) is 5.78 Å². The minimum absolute atomic E-state index is 0.151. The van der Waals surface area contributed by atoms with Gasteiger partial charge in [-0.1, -0.05) is 31.9 Å². The first-order valence-corrected chi connectivity index (χ1v) is 12.9. The number of ketones is 1. The van der Waals surface area contributed by atoms with Gasteiger partial charge in [0, 0.05) is 19.2 Å². The van der Waals surface area contributed by atoms with Crippen LogP contribution in [0.3, 0.4) is 0 Å². The van der Waals surface area contributed by atoms with E-state index in [2.05, 4.69) is 18.9 Å². The molecule has 1 heterocycles. The lowest BCUT2D eigenvalue weighted by molar-refractivity contribution is -0.154. The van der Waals surface area contributed by atoms with E-state index in [0.717, 1.165) is 36.7 Å². The molecule has 4 aliphatic carbocycles. The Morgan fingerprint density at radius 1 is 1.19 bits per heavy atom. The zero-order valence-corrected chi connectivity index (χ0v) is 20.2. The van der Waals surface area contributed by atoms with Gasteiger partial charge in [-0.25, -0.2) is 0 Å². The largest absolute Gasteiger partial charge is 0.384 e. The second-order valence-corrected chi connectivity index (χ2v) is 12.1. The highest BCUT2D eigenvalue weighted by molar-refractivity contribution is 6.30. The van der Waals surface area contributed by atoms with E-state index in [1.165, 1.54) is 51.4 Å². The van der Waals surface area contributed by atoms with Gasteiger partial charge < -0.3 is 4.74 Å². The molecule has 7 unspecified atom stereocenters. The van der Waals surface area contributed by atoms with Crippen LogP contribution in [0.2, 0.25) is 5.02 Å². The number of carbonyl (C=O) groups is 1. The van der Waals surface area contributed by atoms with E-state index in [1.54, 1.807) is 17.1 Å². The minimum atomic E-state index is 0.151. The zero-order valence-electron chi connectivity index (χ0n) is 19.5. The van der Waals surface area contributed by atoms with Gasteiger partial charge >= 0.3 is 0 Å². The van der Waals surface area contributed by atoms with E-state index in [-0.39, 0.29) is 11.3 Å². The predicted octanol–water partition coefficient (Wildman–Crippen LogP) is 6.03. The second kappa shape index (κ2) is 8.17. The third kappa shape index (κ3) is 3.51. The van der Waals surface area contributed by atoms with E-state index in [9.17, 15) is 4.79 Å². The predicted molar refractivity (Wildman–Crippen MR) is 123 cm³/mol. The van der Waals surface area contributed by atoms with Crippen LogP contribution in [0.1, 0.15) is 71.6 Å². The molecule has 5 heteroatoms. The number of halogens is 1. The molecule has 8 atom stereocenters. The van der Waals surface area contributed by atoms with Crippen molar-refractivity contribution in [2.24, 2.45) is 46.3 Å². The Hall–Kier alpha value is -0.870. The molecule has 0 amide bonds. The molecule has 0 saturated heterocycles. The van der Waals surface area contributed by atoms with Crippen LogP contribution in [-0.4, -0.2) is 29.3 Å². The van der Waals surface area contributed by atoms with Crippen LogP contribution < -0.4 is 0 Å². The number of aromatic nitrogens is 2. The molecule has 172 valence electrons. The first kappa shape index (κ1) is 21.9. The van der Waals surface area contributed by atoms with E-state index >= 15 is 0 Å². The normalized spacial score (nSPS) is 44.4. The lowest BCUT2D eigenvalue weighted by Gasteiger charge is -2.61. The van der Waals surface area contributed by atoms with Crippen molar-refractivity contribution in [1.29, 1.82) is 0 Å². The maximum atomic E-state index is 13.3. The lowest BCUT2D eigenvalue weighted by atomic mass is 9.44. The fourth-order valence-electron chi connectivity index (χ4n) is 9.04. The number of nitrogens with zero attached hydrogens (tertiary/aromatic N) is 2.